The first-order chi connectivity index (χ1) is 10.7. The second-order valence-corrected chi connectivity index (χ2v) is 7.43. The third-order valence-electron chi connectivity index (χ3n) is 6.22. The van der Waals surface area contributed by atoms with Crippen LogP contribution in [-0.2, 0) is 5.41 Å². The summed E-state index contributed by atoms with van der Waals surface area (Å²) in [6, 6.07) is 9.41. The Morgan fingerprint density at radius 2 is 2.14 bits per heavy atom. The van der Waals surface area contributed by atoms with Crippen LogP contribution in [0.15, 0.2) is 24.3 Å². The van der Waals surface area contributed by atoms with E-state index >= 15 is 0 Å². The summed E-state index contributed by atoms with van der Waals surface area (Å²) in [6.45, 7) is 5.96. The summed E-state index contributed by atoms with van der Waals surface area (Å²) in [5.41, 5.74) is 1.63. The normalized spacial score (nSPS) is 31.5. The molecule has 3 unspecified atom stereocenters. The van der Waals surface area contributed by atoms with Crippen molar-refractivity contribution in [3.63, 3.8) is 0 Å². The van der Waals surface area contributed by atoms with E-state index in [0.29, 0.717) is 11.8 Å². The lowest BCUT2D eigenvalue weighted by molar-refractivity contribution is 0.188. The molecular formula is C20H31NO. The summed E-state index contributed by atoms with van der Waals surface area (Å²) in [4.78, 5) is 2.78. The molecule has 0 aromatic heterocycles. The number of benzene rings is 1. The van der Waals surface area contributed by atoms with Gasteiger partial charge in [0.1, 0.15) is 5.75 Å². The van der Waals surface area contributed by atoms with Crippen LogP contribution >= 0.6 is 0 Å². The Morgan fingerprint density at radius 3 is 2.91 bits per heavy atom. The average molecular weight is 301 g/mol. The topological polar surface area (TPSA) is 23.5 Å². The number of fused-ring (bicyclic) bond motifs is 2. The molecule has 0 spiro atoms. The van der Waals surface area contributed by atoms with E-state index in [1.165, 1.54) is 63.5 Å². The zero-order valence-electron chi connectivity index (χ0n) is 14.2. The van der Waals surface area contributed by atoms with Crippen LogP contribution in [0.3, 0.4) is 0 Å². The maximum atomic E-state index is 9.91. The Morgan fingerprint density at radius 1 is 1.27 bits per heavy atom. The Kier molecular flexibility index (Phi) is 4.77. The lowest BCUT2D eigenvalue weighted by Gasteiger charge is -2.37. The van der Waals surface area contributed by atoms with Crippen LogP contribution in [0.1, 0.15) is 70.8 Å². The number of likely N-dealkylation sites (tertiary alicyclic amines) is 1. The minimum Gasteiger partial charge on any atom is -0.508 e. The van der Waals surface area contributed by atoms with Gasteiger partial charge in [0.2, 0.25) is 0 Å². The second kappa shape index (κ2) is 6.62. The van der Waals surface area contributed by atoms with Gasteiger partial charge in [0, 0.05) is 17.5 Å². The molecule has 3 atom stereocenters. The van der Waals surface area contributed by atoms with Gasteiger partial charge >= 0.3 is 0 Å². The predicted molar refractivity (Wildman–Crippen MR) is 92.4 cm³/mol. The number of phenols is 1. The van der Waals surface area contributed by atoms with Crippen molar-refractivity contribution < 1.29 is 5.11 Å². The first kappa shape index (κ1) is 15.9. The van der Waals surface area contributed by atoms with Gasteiger partial charge in [0.05, 0.1) is 0 Å². The Hall–Kier alpha value is -1.02. The number of phenolic OH excluding ortho intramolecular Hbond substituents is 1. The van der Waals surface area contributed by atoms with Crippen molar-refractivity contribution in [2.24, 2.45) is 0 Å². The van der Waals surface area contributed by atoms with Crippen LogP contribution in [0.25, 0.3) is 0 Å². The third kappa shape index (κ3) is 2.78. The predicted octanol–water partition coefficient (Wildman–Crippen LogP) is 4.86. The molecular weight excluding hydrogens is 270 g/mol. The summed E-state index contributed by atoms with van der Waals surface area (Å²) < 4.78 is 0. The fraction of sp³-hybridized carbons (Fsp3) is 0.700. The molecule has 1 N–H and O–H groups in total. The van der Waals surface area contributed by atoms with Crippen molar-refractivity contribution in [2.45, 2.75) is 82.7 Å². The minimum absolute atomic E-state index is 0.270. The SMILES string of the molecule is CCCCCCN1C2CCCC(c3cccc(O)c3)(C2)C1C. The zero-order chi connectivity index (χ0) is 15.6. The van der Waals surface area contributed by atoms with Crippen LogP contribution in [0, 0.1) is 0 Å². The molecule has 22 heavy (non-hydrogen) atoms. The van der Waals surface area contributed by atoms with Gasteiger partial charge in [-0.15, -0.1) is 0 Å². The lowest BCUT2D eigenvalue weighted by atomic mass is 9.67. The highest BCUT2D eigenvalue weighted by atomic mass is 16.3. The maximum Gasteiger partial charge on any atom is 0.115 e. The number of unbranched alkanes of at least 4 members (excludes halogenated alkanes) is 3. The maximum absolute atomic E-state index is 9.91. The highest BCUT2D eigenvalue weighted by Crippen LogP contribution is 2.51. The summed E-state index contributed by atoms with van der Waals surface area (Å²) in [5, 5.41) is 9.91. The van der Waals surface area contributed by atoms with E-state index in [4.69, 9.17) is 0 Å². The standard InChI is InChI=1S/C20H31NO/c1-3-4-5-6-13-21-16(2)20(12-8-10-18(21)15-20)17-9-7-11-19(22)14-17/h7,9,11,14,16,18,22H,3-6,8,10,12-13,15H2,1-2H3. The molecule has 2 nitrogen and oxygen atoms in total. The zero-order valence-corrected chi connectivity index (χ0v) is 14.2. The van der Waals surface area contributed by atoms with Gasteiger partial charge in [-0.3, -0.25) is 4.90 Å². The minimum atomic E-state index is 0.270. The van der Waals surface area contributed by atoms with Gasteiger partial charge in [-0.25, -0.2) is 0 Å². The summed E-state index contributed by atoms with van der Waals surface area (Å²) in [5.74, 6) is 0.419. The molecule has 0 radical (unpaired) electrons. The first-order valence-corrected chi connectivity index (χ1v) is 9.22. The molecule has 1 aliphatic heterocycles. The van der Waals surface area contributed by atoms with Crippen LogP contribution in [-0.4, -0.2) is 28.6 Å². The van der Waals surface area contributed by atoms with Crippen molar-refractivity contribution in [1.29, 1.82) is 0 Å². The molecule has 122 valence electrons. The van der Waals surface area contributed by atoms with E-state index < -0.39 is 0 Å². The number of hydrogen-bond acceptors (Lipinski definition) is 2. The molecule has 1 aromatic rings. The number of hydrogen-bond donors (Lipinski definition) is 1. The molecule has 3 rings (SSSR count). The van der Waals surface area contributed by atoms with Gasteiger partial charge < -0.3 is 5.11 Å². The van der Waals surface area contributed by atoms with Crippen molar-refractivity contribution in [3.05, 3.63) is 29.8 Å². The number of nitrogens with zero attached hydrogens (tertiary/aromatic N) is 1. The molecule has 1 saturated heterocycles. The van der Waals surface area contributed by atoms with Crippen LogP contribution in [0.4, 0.5) is 0 Å². The lowest BCUT2D eigenvalue weighted by Crippen LogP contribution is -2.40. The molecule has 0 amide bonds. The third-order valence-corrected chi connectivity index (χ3v) is 6.22. The molecule has 1 aromatic carbocycles. The van der Waals surface area contributed by atoms with E-state index in [1.54, 1.807) is 6.07 Å². The van der Waals surface area contributed by atoms with Crippen molar-refractivity contribution >= 4 is 0 Å². The van der Waals surface area contributed by atoms with Gasteiger partial charge in [0.25, 0.3) is 0 Å². The smallest absolute Gasteiger partial charge is 0.115 e. The van der Waals surface area contributed by atoms with E-state index in [1.807, 2.05) is 12.1 Å². The van der Waals surface area contributed by atoms with E-state index in [-0.39, 0.29) is 5.41 Å². The van der Waals surface area contributed by atoms with Gasteiger partial charge in [-0.05, 0) is 56.8 Å². The van der Waals surface area contributed by atoms with Crippen molar-refractivity contribution in [1.82, 2.24) is 4.90 Å². The van der Waals surface area contributed by atoms with Crippen molar-refractivity contribution in [3.8, 4) is 5.75 Å². The second-order valence-electron chi connectivity index (χ2n) is 7.43. The van der Waals surface area contributed by atoms with E-state index in [0.717, 1.165) is 6.04 Å². The molecule has 2 fully saturated rings. The molecule has 1 heterocycles. The van der Waals surface area contributed by atoms with Crippen LogP contribution in [0.5, 0.6) is 5.75 Å². The van der Waals surface area contributed by atoms with Gasteiger partial charge in [-0.1, -0.05) is 44.7 Å². The average Bonchev–Trinajstić information content (AvgIpc) is 2.72. The molecule has 2 heteroatoms. The quantitative estimate of drug-likeness (QED) is 0.759. The van der Waals surface area contributed by atoms with Crippen LogP contribution < -0.4 is 0 Å². The monoisotopic (exact) mass is 301 g/mol. The molecule has 1 aliphatic carbocycles. The fourth-order valence-electron chi connectivity index (χ4n) is 4.99. The number of rotatable bonds is 6. The Balaban J connectivity index is 1.78. The largest absolute Gasteiger partial charge is 0.508 e. The van der Waals surface area contributed by atoms with Crippen molar-refractivity contribution in [2.75, 3.05) is 6.54 Å². The molecule has 2 bridgehead atoms. The summed E-state index contributed by atoms with van der Waals surface area (Å²) in [7, 11) is 0. The summed E-state index contributed by atoms with van der Waals surface area (Å²) in [6.07, 6.45) is 10.6. The Bertz CT molecular complexity index is 500. The first-order valence-electron chi connectivity index (χ1n) is 9.22. The van der Waals surface area contributed by atoms with E-state index in [9.17, 15) is 5.11 Å². The van der Waals surface area contributed by atoms with E-state index in [2.05, 4.69) is 24.8 Å². The highest BCUT2D eigenvalue weighted by Gasteiger charge is 2.52. The van der Waals surface area contributed by atoms with Gasteiger partial charge in [0.15, 0.2) is 0 Å². The Labute approximate surface area is 135 Å². The van der Waals surface area contributed by atoms with Crippen LogP contribution in [0.2, 0.25) is 0 Å². The fourth-order valence-corrected chi connectivity index (χ4v) is 4.99. The molecule has 1 saturated carbocycles. The molecule has 2 aliphatic rings. The highest BCUT2D eigenvalue weighted by molar-refractivity contribution is 5.37. The number of aromatic hydroxyl groups is 1. The van der Waals surface area contributed by atoms with Gasteiger partial charge in [-0.2, -0.15) is 0 Å². The summed E-state index contributed by atoms with van der Waals surface area (Å²) >= 11 is 0.